The standard InChI is InChI=1S/C20H23N5O2/c1-3-4-17(20(27)22-2)23-19(26)13-7-5-12(6-8-13)14-9-10-16-15(11-14)18(21)25-24-16/h5-11,17H,3-4H2,1-2H3,(H,22,27)(H,23,26)(H3,21,24,25). The molecule has 0 aliphatic rings. The molecule has 0 saturated carbocycles. The summed E-state index contributed by atoms with van der Waals surface area (Å²) in [4.78, 5) is 24.3. The van der Waals surface area contributed by atoms with Crippen molar-refractivity contribution in [2.75, 3.05) is 12.8 Å². The minimum atomic E-state index is -0.529. The molecule has 3 aromatic rings. The molecule has 0 fully saturated rings. The molecule has 2 amide bonds. The fraction of sp³-hybridized carbons (Fsp3) is 0.250. The number of nitrogens with zero attached hydrogens (tertiary/aromatic N) is 1. The number of hydrogen-bond donors (Lipinski definition) is 4. The highest BCUT2D eigenvalue weighted by Gasteiger charge is 2.19. The quantitative estimate of drug-likeness (QED) is 0.537. The predicted molar refractivity (Wildman–Crippen MR) is 106 cm³/mol. The molecule has 0 bridgehead atoms. The Morgan fingerprint density at radius 1 is 1.15 bits per heavy atom. The highest BCUT2D eigenvalue weighted by Crippen LogP contribution is 2.26. The van der Waals surface area contributed by atoms with Crippen LogP contribution in [-0.2, 0) is 4.79 Å². The van der Waals surface area contributed by atoms with Crippen molar-refractivity contribution in [2.45, 2.75) is 25.8 Å². The molecule has 5 N–H and O–H groups in total. The Hall–Kier alpha value is -3.35. The van der Waals surface area contributed by atoms with E-state index in [4.69, 9.17) is 5.73 Å². The number of benzene rings is 2. The molecule has 7 nitrogen and oxygen atoms in total. The molecule has 7 heteroatoms. The molecule has 0 saturated heterocycles. The second-order valence-electron chi connectivity index (χ2n) is 6.38. The minimum Gasteiger partial charge on any atom is -0.382 e. The van der Waals surface area contributed by atoms with Gasteiger partial charge in [-0.15, -0.1) is 0 Å². The lowest BCUT2D eigenvalue weighted by Crippen LogP contribution is -2.45. The Kier molecular flexibility index (Phi) is 5.40. The number of nitrogens with two attached hydrogens (primary N) is 1. The third-order valence-electron chi connectivity index (χ3n) is 4.52. The first-order chi connectivity index (χ1) is 13.0. The smallest absolute Gasteiger partial charge is 0.251 e. The van der Waals surface area contributed by atoms with Gasteiger partial charge in [0.25, 0.3) is 5.91 Å². The van der Waals surface area contributed by atoms with Crippen LogP contribution in [0.4, 0.5) is 5.82 Å². The van der Waals surface area contributed by atoms with Crippen LogP contribution >= 0.6 is 0 Å². The molecule has 1 unspecified atom stereocenters. The van der Waals surface area contributed by atoms with Crippen LogP contribution in [0.3, 0.4) is 0 Å². The molecular formula is C20H23N5O2. The number of likely N-dealkylation sites (N-methyl/N-ethyl adjacent to an activating group) is 1. The van der Waals surface area contributed by atoms with E-state index in [2.05, 4.69) is 20.8 Å². The van der Waals surface area contributed by atoms with Crippen LogP contribution in [0.25, 0.3) is 22.0 Å². The first kappa shape index (κ1) is 18.4. The number of hydrogen-bond acceptors (Lipinski definition) is 4. The van der Waals surface area contributed by atoms with E-state index in [0.717, 1.165) is 28.5 Å². The third-order valence-corrected chi connectivity index (χ3v) is 4.52. The number of fused-ring (bicyclic) bond motifs is 1. The maximum Gasteiger partial charge on any atom is 0.251 e. The van der Waals surface area contributed by atoms with Gasteiger partial charge in [-0.1, -0.05) is 31.5 Å². The van der Waals surface area contributed by atoms with E-state index in [9.17, 15) is 9.59 Å². The number of rotatable bonds is 6. The summed E-state index contributed by atoms with van der Waals surface area (Å²) in [6.07, 6.45) is 1.40. The van der Waals surface area contributed by atoms with Crippen molar-refractivity contribution < 1.29 is 9.59 Å². The fourth-order valence-corrected chi connectivity index (χ4v) is 3.00. The average molecular weight is 365 g/mol. The normalized spacial score (nSPS) is 11.9. The zero-order valence-electron chi connectivity index (χ0n) is 15.4. The van der Waals surface area contributed by atoms with Crippen LogP contribution in [0, 0.1) is 0 Å². The van der Waals surface area contributed by atoms with Crippen LogP contribution in [0.2, 0.25) is 0 Å². The summed E-state index contributed by atoms with van der Waals surface area (Å²) in [5.74, 6) is 0.00460. The van der Waals surface area contributed by atoms with Crippen LogP contribution in [0.1, 0.15) is 30.1 Å². The van der Waals surface area contributed by atoms with E-state index < -0.39 is 6.04 Å². The number of aromatic amines is 1. The number of aromatic nitrogens is 2. The summed E-state index contributed by atoms with van der Waals surface area (Å²) in [6, 6.07) is 12.6. The van der Waals surface area contributed by atoms with Gasteiger partial charge in [0.2, 0.25) is 5.91 Å². The molecule has 0 radical (unpaired) electrons. The predicted octanol–water partition coefficient (Wildman–Crippen LogP) is 2.46. The van der Waals surface area contributed by atoms with Crippen molar-refractivity contribution in [1.82, 2.24) is 20.8 Å². The first-order valence-electron chi connectivity index (χ1n) is 8.90. The summed E-state index contributed by atoms with van der Waals surface area (Å²) in [5.41, 5.74) is 9.20. The summed E-state index contributed by atoms with van der Waals surface area (Å²) in [6.45, 7) is 1.97. The van der Waals surface area contributed by atoms with Gasteiger partial charge in [0, 0.05) is 18.0 Å². The Morgan fingerprint density at radius 3 is 2.52 bits per heavy atom. The van der Waals surface area contributed by atoms with E-state index in [1.54, 1.807) is 19.2 Å². The van der Waals surface area contributed by atoms with Crippen LogP contribution in [0.5, 0.6) is 0 Å². The summed E-state index contributed by atoms with van der Waals surface area (Å²) in [7, 11) is 1.57. The fourth-order valence-electron chi connectivity index (χ4n) is 3.00. The second-order valence-corrected chi connectivity index (χ2v) is 6.38. The zero-order valence-corrected chi connectivity index (χ0v) is 15.4. The van der Waals surface area contributed by atoms with E-state index in [1.807, 2.05) is 37.3 Å². The molecule has 1 atom stereocenters. The molecule has 0 aliphatic carbocycles. The van der Waals surface area contributed by atoms with Gasteiger partial charge in [0.05, 0.1) is 5.52 Å². The van der Waals surface area contributed by atoms with Crippen molar-refractivity contribution in [2.24, 2.45) is 0 Å². The monoisotopic (exact) mass is 365 g/mol. The van der Waals surface area contributed by atoms with Gasteiger partial charge in [0.1, 0.15) is 6.04 Å². The molecule has 1 aromatic heterocycles. The maximum absolute atomic E-state index is 12.5. The number of amides is 2. The number of H-pyrrole nitrogens is 1. The summed E-state index contributed by atoms with van der Waals surface area (Å²) in [5, 5.41) is 13.1. The lowest BCUT2D eigenvalue weighted by molar-refractivity contribution is -0.122. The SMILES string of the molecule is CCCC(NC(=O)c1ccc(-c2ccc3[nH]nc(N)c3c2)cc1)C(=O)NC. The number of nitrogen functional groups attached to an aromatic ring is 1. The maximum atomic E-state index is 12.5. The average Bonchev–Trinajstić information content (AvgIpc) is 3.07. The molecule has 140 valence electrons. The van der Waals surface area contributed by atoms with Crippen molar-refractivity contribution >= 4 is 28.5 Å². The molecule has 1 heterocycles. The Labute approximate surface area is 157 Å². The summed E-state index contributed by atoms with van der Waals surface area (Å²) >= 11 is 0. The number of nitrogens with one attached hydrogen (secondary N) is 3. The third kappa shape index (κ3) is 3.92. The highest BCUT2D eigenvalue weighted by atomic mass is 16.2. The van der Waals surface area contributed by atoms with Gasteiger partial charge in [-0.25, -0.2) is 0 Å². The molecule has 2 aromatic carbocycles. The summed E-state index contributed by atoms with van der Waals surface area (Å²) < 4.78 is 0. The number of carbonyl (C=O) groups excluding carboxylic acids is 2. The zero-order chi connectivity index (χ0) is 19.4. The van der Waals surface area contributed by atoms with E-state index in [1.165, 1.54) is 0 Å². The van der Waals surface area contributed by atoms with Gasteiger partial charge in [0.15, 0.2) is 5.82 Å². The second kappa shape index (κ2) is 7.90. The largest absolute Gasteiger partial charge is 0.382 e. The van der Waals surface area contributed by atoms with Gasteiger partial charge >= 0.3 is 0 Å². The van der Waals surface area contributed by atoms with Crippen molar-refractivity contribution in [3.8, 4) is 11.1 Å². The molecular weight excluding hydrogens is 342 g/mol. The van der Waals surface area contributed by atoms with E-state index >= 15 is 0 Å². The molecule has 0 aliphatic heterocycles. The molecule has 27 heavy (non-hydrogen) atoms. The van der Waals surface area contributed by atoms with Crippen molar-refractivity contribution in [3.05, 3.63) is 48.0 Å². The van der Waals surface area contributed by atoms with Crippen LogP contribution in [0.15, 0.2) is 42.5 Å². The lowest BCUT2D eigenvalue weighted by atomic mass is 10.0. The van der Waals surface area contributed by atoms with E-state index in [-0.39, 0.29) is 11.8 Å². The Bertz CT molecular complexity index is 962. The van der Waals surface area contributed by atoms with E-state index in [0.29, 0.717) is 17.8 Å². The number of anilines is 1. The van der Waals surface area contributed by atoms with Crippen LogP contribution < -0.4 is 16.4 Å². The number of carbonyl (C=O) groups is 2. The van der Waals surface area contributed by atoms with Crippen molar-refractivity contribution in [3.63, 3.8) is 0 Å². The Balaban J connectivity index is 1.78. The first-order valence-corrected chi connectivity index (χ1v) is 8.90. The van der Waals surface area contributed by atoms with Gasteiger partial charge in [-0.2, -0.15) is 5.10 Å². The lowest BCUT2D eigenvalue weighted by Gasteiger charge is -2.16. The topological polar surface area (TPSA) is 113 Å². The Morgan fingerprint density at radius 2 is 1.85 bits per heavy atom. The van der Waals surface area contributed by atoms with Gasteiger partial charge in [-0.05, 0) is 41.8 Å². The van der Waals surface area contributed by atoms with Gasteiger partial charge in [-0.3, -0.25) is 14.7 Å². The highest BCUT2D eigenvalue weighted by molar-refractivity contribution is 5.98. The minimum absolute atomic E-state index is 0.187. The van der Waals surface area contributed by atoms with Crippen molar-refractivity contribution in [1.29, 1.82) is 0 Å². The van der Waals surface area contributed by atoms with Gasteiger partial charge < -0.3 is 16.4 Å². The molecule has 3 rings (SSSR count). The molecule has 0 spiro atoms. The van der Waals surface area contributed by atoms with Crippen LogP contribution in [-0.4, -0.2) is 35.1 Å².